The maximum absolute atomic E-state index is 13.1. The van der Waals surface area contributed by atoms with E-state index in [1.54, 1.807) is 25.1 Å². The second kappa shape index (κ2) is 10.9. The fourth-order valence-electron chi connectivity index (χ4n) is 4.18. The second-order valence-corrected chi connectivity index (χ2v) is 8.37. The quantitative estimate of drug-likeness (QED) is 0.540. The zero-order chi connectivity index (χ0) is 24.8. The third-order valence-corrected chi connectivity index (χ3v) is 6.07. The minimum absolute atomic E-state index is 0.0102. The molecule has 0 unspecified atom stereocenters. The first-order chi connectivity index (χ1) is 17.0. The lowest BCUT2D eigenvalue weighted by Gasteiger charge is -2.37. The van der Waals surface area contributed by atoms with Crippen LogP contribution in [0.2, 0.25) is 0 Å². The van der Waals surface area contributed by atoms with Gasteiger partial charge in [0.25, 0.3) is 11.8 Å². The van der Waals surface area contributed by atoms with Crippen LogP contribution in [0.5, 0.6) is 0 Å². The highest BCUT2D eigenvalue weighted by atomic mass is 16.5. The molecule has 1 fully saturated rings. The number of esters is 1. The molecule has 180 valence electrons. The van der Waals surface area contributed by atoms with Gasteiger partial charge in [-0.2, -0.15) is 0 Å². The molecule has 0 atom stereocenters. The monoisotopic (exact) mass is 471 g/mol. The lowest BCUT2D eigenvalue weighted by Crippen LogP contribution is -2.49. The number of benzene rings is 3. The number of hydrogen-bond acceptors (Lipinski definition) is 5. The number of nitrogens with one attached hydrogen (secondary N) is 1. The zero-order valence-electron chi connectivity index (χ0n) is 20.0. The van der Waals surface area contributed by atoms with Crippen molar-refractivity contribution in [3.05, 3.63) is 95.1 Å². The van der Waals surface area contributed by atoms with Gasteiger partial charge in [-0.3, -0.25) is 9.59 Å². The molecule has 1 N–H and O–H groups in total. The summed E-state index contributed by atoms with van der Waals surface area (Å²) in [5.74, 6) is -0.678. The molecule has 1 heterocycles. The molecule has 0 saturated carbocycles. The lowest BCUT2D eigenvalue weighted by molar-refractivity contribution is 0.0526. The Labute approximate surface area is 205 Å². The highest BCUT2D eigenvalue weighted by Gasteiger charge is 2.25. The van der Waals surface area contributed by atoms with Crippen LogP contribution in [0.3, 0.4) is 0 Å². The molecule has 7 heteroatoms. The average Bonchev–Trinajstić information content (AvgIpc) is 2.89. The number of rotatable bonds is 6. The largest absolute Gasteiger partial charge is 0.462 e. The molecule has 0 radical (unpaired) electrons. The van der Waals surface area contributed by atoms with E-state index in [4.69, 9.17) is 4.74 Å². The van der Waals surface area contributed by atoms with E-state index in [1.165, 1.54) is 0 Å². The first kappa shape index (κ1) is 24.0. The van der Waals surface area contributed by atoms with Crippen LogP contribution >= 0.6 is 0 Å². The predicted molar refractivity (Wildman–Crippen MR) is 136 cm³/mol. The normalized spacial score (nSPS) is 13.3. The molecular formula is C28H29N3O4. The second-order valence-electron chi connectivity index (χ2n) is 8.37. The third kappa shape index (κ3) is 5.51. The molecule has 0 bridgehead atoms. The maximum atomic E-state index is 13.1. The van der Waals surface area contributed by atoms with E-state index in [1.807, 2.05) is 66.4 Å². The maximum Gasteiger partial charge on any atom is 0.338 e. The van der Waals surface area contributed by atoms with Crippen LogP contribution in [0.1, 0.15) is 43.6 Å². The van der Waals surface area contributed by atoms with Gasteiger partial charge in [-0.15, -0.1) is 0 Å². The van der Waals surface area contributed by atoms with Crippen molar-refractivity contribution in [1.29, 1.82) is 0 Å². The van der Waals surface area contributed by atoms with Crippen LogP contribution in [0.4, 0.5) is 11.4 Å². The minimum Gasteiger partial charge on any atom is -0.462 e. The fraction of sp³-hybridized carbons (Fsp3) is 0.250. The molecule has 1 aliphatic rings. The molecular weight excluding hydrogens is 442 g/mol. The van der Waals surface area contributed by atoms with Crippen LogP contribution in [-0.2, 0) is 4.74 Å². The van der Waals surface area contributed by atoms with Crippen LogP contribution in [0.15, 0.2) is 72.8 Å². The van der Waals surface area contributed by atoms with E-state index < -0.39 is 5.97 Å². The third-order valence-electron chi connectivity index (χ3n) is 6.07. The van der Waals surface area contributed by atoms with Gasteiger partial charge in [0.15, 0.2) is 0 Å². The summed E-state index contributed by atoms with van der Waals surface area (Å²) < 4.78 is 5.15. The van der Waals surface area contributed by atoms with E-state index in [9.17, 15) is 14.4 Å². The van der Waals surface area contributed by atoms with Gasteiger partial charge >= 0.3 is 5.97 Å². The number of amides is 2. The summed E-state index contributed by atoms with van der Waals surface area (Å²) in [4.78, 5) is 42.2. The first-order valence-electron chi connectivity index (χ1n) is 11.8. The first-order valence-corrected chi connectivity index (χ1v) is 11.8. The Balaban J connectivity index is 1.56. The van der Waals surface area contributed by atoms with Crippen LogP contribution in [0, 0.1) is 6.92 Å². The minimum atomic E-state index is -0.441. The Kier molecular flexibility index (Phi) is 7.45. The molecule has 7 nitrogen and oxygen atoms in total. The van der Waals surface area contributed by atoms with Crippen LogP contribution in [-0.4, -0.2) is 55.5 Å². The Morgan fingerprint density at radius 1 is 0.857 bits per heavy atom. The average molecular weight is 472 g/mol. The molecule has 0 aromatic heterocycles. The van der Waals surface area contributed by atoms with E-state index in [-0.39, 0.29) is 18.4 Å². The van der Waals surface area contributed by atoms with Gasteiger partial charge in [0.2, 0.25) is 0 Å². The highest BCUT2D eigenvalue weighted by Crippen LogP contribution is 2.30. The molecule has 1 saturated heterocycles. The summed E-state index contributed by atoms with van der Waals surface area (Å²) in [6.07, 6.45) is 0. The summed E-state index contributed by atoms with van der Waals surface area (Å²) >= 11 is 0. The SMILES string of the molecule is CCOC(=O)c1ccc(N2CCN(C(=O)c3ccccc3)CC2)c(NC(=O)c2ccccc2C)c1. The van der Waals surface area contributed by atoms with E-state index >= 15 is 0 Å². The molecule has 3 aromatic rings. The smallest absolute Gasteiger partial charge is 0.338 e. The molecule has 0 aliphatic carbocycles. The van der Waals surface area contributed by atoms with Gasteiger partial charge in [0.05, 0.1) is 23.5 Å². The van der Waals surface area contributed by atoms with Gasteiger partial charge in [-0.1, -0.05) is 36.4 Å². The van der Waals surface area contributed by atoms with Crippen molar-refractivity contribution in [2.24, 2.45) is 0 Å². The topological polar surface area (TPSA) is 79.0 Å². The van der Waals surface area contributed by atoms with E-state index in [0.717, 1.165) is 11.3 Å². The number of hydrogen-bond donors (Lipinski definition) is 1. The van der Waals surface area contributed by atoms with Gasteiger partial charge in [-0.25, -0.2) is 4.79 Å². The van der Waals surface area contributed by atoms with Gasteiger partial charge < -0.3 is 19.9 Å². The predicted octanol–water partition coefficient (Wildman–Crippen LogP) is 4.39. The summed E-state index contributed by atoms with van der Waals surface area (Å²) in [6.45, 7) is 6.21. The van der Waals surface area contributed by atoms with Gasteiger partial charge in [0.1, 0.15) is 0 Å². The Hall–Kier alpha value is -4.13. The summed E-state index contributed by atoms with van der Waals surface area (Å²) in [5, 5.41) is 2.99. The Bertz CT molecular complexity index is 1220. The lowest BCUT2D eigenvalue weighted by atomic mass is 10.1. The summed E-state index contributed by atoms with van der Waals surface area (Å²) in [7, 11) is 0. The van der Waals surface area contributed by atoms with Crippen molar-refractivity contribution in [2.45, 2.75) is 13.8 Å². The van der Waals surface area contributed by atoms with Crippen molar-refractivity contribution in [2.75, 3.05) is 43.0 Å². The molecule has 1 aliphatic heterocycles. The molecule has 35 heavy (non-hydrogen) atoms. The highest BCUT2D eigenvalue weighted by molar-refractivity contribution is 6.07. The Morgan fingerprint density at radius 3 is 2.23 bits per heavy atom. The molecule has 2 amide bonds. The molecule has 4 rings (SSSR count). The van der Waals surface area contributed by atoms with Gasteiger partial charge in [0, 0.05) is 37.3 Å². The number of nitrogens with zero attached hydrogens (tertiary/aromatic N) is 2. The van der Waals surface area contributed by atoms with E-state index in [0.29, 0.717) is 48.6 Å². The fourth-order valence-corrected chi connectivity index (χ4v) is 4.18. The number of carbonyl (C=O) groups is 3. The summed E-state index contributed by atoms with van der Waals surface area (Å²) in [6, 6.07) is 21.8. The molecule has 3 aromatic carbocycles. The Morgan fingerprint density at radius 2 is 1.54 bits per heavy atom. The number of aryl methyl sites for hydroxylation is 1. The standard InChI is InChI=1S/C28H29N3O4/c1-3-35-28(34)22-13-14-25(24(19-22)29-26(32)23-12-8-7-9-20(23)2)30-15-17-31(18-16-30)27(33)21-10-5-4-6-11-21/h4-14,19H,3,15-18H2,1-2H3,(H,29,32). The molecule has 0 spiro atoms. The van der Waals surface area contributed by atoms with Gasteiger partial charge in [-0.05, 0) is 55.8 Å². The number of piperazine rings is 1. The van der Waals surface area contributed by atoms with Crippen molar-refractivity contribution >= 4 is 29.2 Å². The van der Waals surface area contributed by atoms with Crippen molar-refractivity contribution in [1.82, 2.24) is 4.90 Å². The van der Waals surface area contributed by atoms with E-state index in [2.05, 4.69) is 10.2 Å². The number of ether oxygens (including phenoxy) is 1. The van der Waals surface area contributed by atoms with Crippen LogP contribution < -0.4 is 10.2 Å². The van der Waals surface area contributed by atoms with Crippen molar-refractivity contribution < 1.29 is 19.1 Å². The van der Waals surface area contributed by atoms with Crippen molar-refractivity contribution in [3.63, 3.8) is 0 Å². The summed E-state index contributed by atoms with van der Waals surface area (Å²) in [5.41, 5.74) is 3.80. The van der Waals surface area contributed by atoms with Crippen molar-refractivity contribution in [3.8, 4) is 0 Å². The number of anilines is 2. The zero-order valence-corrected chi connectivity index (χ0v) is 20.0. The van der Waals surface area contributed by atoms with Crippen LogP contribution in [0.25, 0.3) is 0 Å². The number of carbonyl (C=O) groups excluding carboxylic acids is 3.